The first-order valence-electron chi connectivity index (χ1n) is 9.22. The highest BCUT2D eigenvalue weighted by Crippen LogP contribution is 2.74. The molecule has 6 fully saturated rings. The van der Waals surface area contributed by atoms with Crippen LogP contribution in [0.3, 0.4) is 0 Å². The van der Waals surface area contributed by atoms with Crippen LogP contribution < -0.4 is 5.73 Å². The lowest BCUT2D eigenvalue weighted by atomic mass is 9.60. The van der Waals surface area contributed by atoms with Crippen molar-refractivity contribution in [2.24, 2.45) is 64.9 Å². The van der Waals surface area contributed by atoms with E-state index in [9.17, 15) is 14.4 Å². The molecule has 2 N–H and O–H groups in total. The minimum absolute atomic E-state index is 0.0423. The lowest BCUT2D eigenvalue weighted by molar-refractivity contribution is -0.155. The van der Waals surface area contributed by atoms with E-state index in [1.807, 2.05) is 0 Å². The number of hydrogen-bond donors (Lipinski definition) is 1. The summed E-state index contributed by atoms with van der Waals surface area (Å²) < 4.78 is 10.1. The Kier molecular flexibility index (Phi) is 2.42. The number of hydrogen-bond acceptors (Lipinski definition) is 6. The highest BCUT2D eigenvalue weighted by molar-refractivity contribution is 5.97. The van der Waals surface area contributed by atoms with E-state index in [1.165, 1.54) is 0 Å². The third-order valence-electron chi connectivity index (χ3n) is 8.50. The van der Waals surface area contributed by atoms with Crippen molar-refractivity contribution in [1.29, 1.82) is 0 Å². The second-order valence-corrected chi connectivity index (χ2v) is 8.90. The van der Waals surface area contributed by atoms with Gasteiger partial charge in [-0.1, -0.05) is 0 Å². The summed E-state index contributed by atoms with van der Waals surface area (Å²) in [5, 5.41) is 0. The normalized spacial score (nSPS) is 61.7. The first-order chi connectivity index (χ1) is 11.6. The molecule has 1 aliphatic heterocycles. The molecule has 4 bridgehead atoms. The summed E-state index contributed by atoms with van der Waals surface area (Å²) in [6.07, 6.45) is 3.09. The fraction of sp³-hybridized carbons (Fsp3) is 0.833. The SMILES string of the molecule is N[C@@H]1[C@H](C2CC2OC=O)[C@@H]2C[C@H]1C1C2[C@H]2C[C@@H]1[C@@H]1C(=O)OC(=O)[C@@H]12. The van der Waals surface area contributed by atoms with Gasteiger partial charge in [-0.25, -0.2) is 0 Å². The molecule has 5 aliphatic carbocycles. The van der Waals surface area contributed by atoms with E-state index in [1.54, 1.807) is 0 Å². The molecule has 0 spiro atoms. The molecule has 1 heterocycles. The van der Waals surface area contributed by atoms with Crippen molar-refractivity contribution >= 4 is 18.4 Å². The first kappa shape index (κ1) is 13.8. The molecule has 0 aromatic heterocycles. The topological polar surface area (TPSA) is 95.7 Å². The van der Waals surface area contributed by atoms with Crippen LogP contribution in [0.4, 0.5) is 0 Å². The predicted octanol–water partition coefficient (Wildman–Crippen LogP) is 0.339. The molecule has 4 unspecified atom stereocenters. The number of esters is 2. The summed E-state index contributed by atoms with van der Waals surface area (Å²) in [4.78, 5) is 34.9. The van der Waals surface area contributed by atoms with Gasteiger partial charge in [-0.2, -0.15) is 0 Å². The smallest absolute Gasteiger partial charge is 0.317 e. The zero-order valence-electron chi connectivity index (χ0n) is 13.2. The van der Waals surface area contributed by atoms with Gasteiger partial charge in [0.2, 0.25) is 0 Å². The Balaban J connectivity index is 1.32. The first-order valence-corrected chi connectivity index (χ1v) is 9.22. The van der Waals surface area contributed by atoms with Crippen LogP contribution in [-0.4, -0.2) is 30.6 Å². The molecule has 5 saturated carbocycles. The van der Waals surface area contributed by atoms with Gasteiger partial charge in [0.25, 0.3) is 6.47 Å². The second-order valence-electron chi connectivity index (χ2n) is 8.90. The predicted molar refractivity (Wildman–Crippen MR) is 78.8 cm³/mol. The molecule has 6 heteroatoms. The van der Waals surface area contributed by atoms with Gasteiger partial charge in [-0.3, -0.25) is 14.4 Å². The number of carbonyl (C=O) groups excluding carboxylic acids is 3. The van der Waals surface area contributed by atoms with Crippen molar-refractivity contribution in [1.82, 2.24) is 0 Å². The Bertz CT molecular complexity index is 664. The highest BCUT2D eigenvalue weighted by atomic mass is 16.6. The molecule has 0 aromatic rings. The van der Waals surface area contributed by atoms with Gasteiger partial charge in [0.1, 0.15) is 6.10 Å². The maximum Gasteiger partial charge on any atom is 0.317 e. The van der Waals surface area contributed by atoms with Crippen LogP contribution in [0.25, 0.3) is 0 Å². The molecule has 1 saturated heterocycles. The number of nitrogens with two attached hydrogens (primary N) is 1. The minimum atomic E-state index is -0.287. The molecule has 0 radical (unpaired) electrons. The van der Waals surface area contributed by atoms with Gasteiger partial charge in [-0.15, -0.1) is 0 Å². The zero-order chi connectivity index (χ0) is 16.3. The largest absolute Gasteiger partial charge is 0.464 e. The van der Waals surface area contributed by atoms with Crippen molar-refractivity contribution in [3.05, 3.63) is 0 Å². The number of fused-ring (bicyclic) bond motifs is 12. The molecular weight excluding hydrogens is 310 g/mol. The van der Waals surface area contributed by atoms with Gasteiger partial charge in [-0.05, 0) is 60.7 Å². The number of carbonyl (C=O) groups is 3. The van der Waals surface area contributed by atoms with Crippen LogP contribution in [-0.2, 0) is 23.9 Å². The van der Waals surface area contributed by atoms with Crippen molar-refractivity contribution in [2.75, 3.05) is 0 Å². The Hall–Kier alpha value is -1.43. The van der Waals surface area contributed by atoms with Gasteiger partial charge in [0.15, 0.2) is 0 Å². The van der Waals surface area contributed by atoms with E-state index < -0.39 is 0 Å². The van der Waals surface area contributed by atoms with E-state index in [0.29, 0.717) is 53.8 Å². The standard InChI is InChI=1S/C18H21NO5/c19-16-9-2-6(13(16)5-3-10(5)23-4-20)11-7-1-8(12(9)11)15-14(7)17(21)24-18(15)22/h4-16H,1-3,19H2/t5?,6-,7-,8+,9+,10?,11?,12?,13-,14-,15+,16+/m1/s1. The molecule has 12 atom stereocenters. The molecular formula is C18H21NO5. The molecule has 0 amide bonds. The maximum absolute atomic E-state index is 12.2. The van der Waals surface area contributed by atoms with Crippen molar-refractivity contribution in [3.63, 3.8) is 0 Å². The van der Waals surface area contributed by atoms with E-state index in [0.717, 1.165) is 19.3 Å². The lowest BCUT2D eigenvalue weighted by Crippen LogP contribution is -2.50. The van der Waals surface area contributed by atoms with E-state index in [-0.39, 0.29) is 35.9 Å². The van der Waals surface area contributed by atoms with Crippen molar-refractivity contribution in [3.8, 4) is 0 Å². The van der Waals surface area contributed by atoms with Gasteiger partial charge >= 0.3 is 11.9 Å². The Morgan fingerprint density at radius 1 is 0.875 bits per heavy atom. The number of ether oxygens (including phenoxy) is 2. The van der Waals surface area contributed by atoms with Gasteiger partial charge in [0.05, 0.1) is 11.8 Å². The molecule has 0 aromatic carbocycles. The van der Waals surface area contributed by atoms with Crippen LogP contribution in [0.1, 0.15) is 19.3 Å². The maximum atomic E-state index is 12.2. The van der Waals surface area contributed by atoms with Crippen LogP contribution in [0.15, 0.2) is 0 Å². The summed E-state index contributed by atoms with van der Waals surface area (Å²) in [5.41, 5.74) is 6.62. The van der Waals surface area contributed by atoms with Crippen LogP contribution >= 0.6 is 0 Å². The van der Waals surface area contributed by atoms with Crippen molar-refractivity contribution < 1.29 is 23.9 Å². The second kappa shape index (κ2) is 4.21. The number of cyclic esters (lactones) is 2. The van der Waals surface area contributed by atoms with Gasteiger partial charge in [0, 0.05) is 12.0 Å². The number of rotatable bonds is 3. The average Bonchev–Trinajstić information content (AvgIpc) is 2.97. The summed E-state index contributed by atoms with van der Waals surface area (Å²) in [7, 11) is 0. The van der Waals surface area contributed by atoms with Crippen LogP contribution in [0.2, 0.25) is 0 Å². The average molecular weight is 331 g/mol. The zero-order valence-corrected chi connectivity index (χ0v) is 13.2. The molecule has 24 heavy (non-hydrogen) atoms. The monoisotopic (exact) mass is 331 g/mol. The summed E-state index contributed by atoms with van der Waals surface area (Å²) >= 11 is 0. The van der Waals surface area contributed by atoms with Crippen LogP contribution in [0, 0.1) is 59.2 Å². The summed E-state index contributed by atoms with van der Waals surface area (Å²) in [6, 6.07) is 0.146. The molecule has 128 valence electrons. The molecule has 6 rings (SSSR count). The van der Waals surface area contributed by atoms with E-state index in [4.69, 9.17) is 15.2 Å². The third kappa shape index (κ3) is 1.38. The van der Waals surface area contributed by atoms with Gasteiger partial charge < -0.3 is 15.2 Å². The Morgan fingerprint density at radius 3 is 2.17 bits per heavy atom. The Morgan fingerprint density at radius 2 is 1.50 bits per heavy atom. The van der Waals surface area contributed by atoms with Crippen molar-refractivity contribution in [2.45, 2.75) is 31.4 Å². The molecule has 6 aliphatic rings. The molecule has 6 nitrogen and oxygen atoms in total. The summed E-state index contributed by atoms with van der Waals surface area (Å²) in [6.45, 7) is 0.550. The third-order valence-corrected chi connectivity index (χ3v) is 8.50. The van der Waals surface area contributed by atoms with Crippen LogP contribution in [0.5, 0.6) is 0 Å². The fourth-order valence-corrected chi connectivity index (χ4v) is 8.04. The lowest BCUT2D eigenvalue weighted by Gasteiger charge is -2.44. The minimum Gasteiger partial charge on any atom is -0.464 e. The van der Waals surface area contributed by atoms with E-state index in [2.05, 4.69) is 0 Å². The van der Waals surface area contributed by atoms with E-state index >= 15 is 0 Å². The Labute approximate surface area is 139 Å². The highest BCUT2D eigenvalue weighted by Gasteiger charge is 2.75. The summed E-state index contributed by atoms with van der Waals surface area (Å²) in [5.74, 6) is 2.45. The quantitative estimate of drug-likeness (QED) is 0.347. The fourth-order valence-electron chi connectivity index (χ4n) is 8.04.